The number of piperidine rings is 1. The van der Waals surface area contributed by atoms with Gasteiger partial charge in [-0.1, -0.05) is 0 Å². The molecule has 166 valence electrons. The van der Waals surface area contributed by atoms with Gasteiger partial charge in [0.2, 0.25) is 17.6 Å². The molecule has 2 amide bonds. The molecule has 4 rings (SSSR count). The summed E-state index contributed by atoms with van der Waals surface area (Å²) in [6.45, 7) is 4.57. The number of benzene rings is 1. The van der Waals surface area contributed by atoms with E-state index in [0.717, 1.165) is 6.07 Å². The van der Waals surface area contributed by atoms with Gasteiger partial charge in [0.25, 0.3) is 0 Å². The quantitative estimate of drug-likeness (QED) is 0.406. The molecular weight excluding hydrogens is 410 g/mol. The summed E-state index contributed by atoms with van der Waals surface area (Å²) >= 11 is 0. The zero-order valence-corrected chi connectivity index (χ0v) is 17.3. The summed E-state index contributed by atoms with van der Waals surface area (Å²) in [6.07, 6.45) is 0.208. The van der Waals surface area contributed by atoms with Crippen LogP contribution in [-0.4, -0.2) is 60.0 Å². The number of piperazine rings is 1. The number of nitrogens with zero attached hydrogens (tertiary/aromatic N) is 2. The summed E-state index contributed by atoms with van der Waals surface area (Å²) in [6, 6.07) is -1.14. The number of carbonyl (C=O) groups excluding carboxylic acids is 4. The second kappa shape index (κ2) is 8.08. The molecule has 3 heterocycles. The highest BCUT2D eigenvalue weighted by atomic mass is 19.1. The summed E-state index contributed by atoms with van der Waals surface area (Å²) in [7, 11) is 0. The number of aldehydes is 1. The fourth-order valence-corrected chi connectivity index (χ4v) is 4.97. The van der Waals surface area contributed by atoms with E-state index in [9.17, 15) is 19.2 Å². The monoisotopic (exact) mass is 434 g/mol. The molecule has 0 bridgehead atoms. The topological polar surface area (TPSA) is 98.8 Å². The number of halogens is 2. The Kier molecular flexibility index (Phi) is 5.61. The zero-order valence-electron chi connectivity index (χ0n) is 17.3. The number of amides is 2. The van der Waals surface area contributed by atoms with Crippen molar-refractivity contribution in [3.63, 3.8) is 0 Å². The van der Waals surface area contributed by atoms with Gasteiger partial charge in [0.05, 0.1) is 11.7 Å². The third kappa shape index (κ3) is 3.74. The molecule has 0 spiro atoms. The molecule has 0 aliphatic carbocycles. The third-order valence-corrected chi connectivity index (χ3v) is 6.18. The highest BCUT2D eigenvalue weighted by molar-refractivity contribution is 6.27. The second-order valence-electron chi connectivity index (χ2n) is 8.52. The van der Waals surface area contributed by atoms with Crippen molar-refractivity contribution in [3.05, 3.63) is 28.8 Å². The number of nitrogens with one attached hydrogen (secondary N) is 2. The van der Waals surface area contributed by atoms with E-state index in [4.69, 9.17) is 0 Å². The van der Waals surface area contributed by atoms with Crippen molar-refractivity contribution in [2.45, 2.75) is 57.4 Å². The van der Waals surface area contributed by atoms with Crippen molar-refractivity contribution in [2.24, 2.45) is 0 Å². The molecule has 2 N–H and O–H groups in total. The minimum Gasteiger partial charge on any atom is -0.366 e. The maximum absolute atomic E-state index is 15.8. The average Bonchev–Trinajstić information content (AvgIpc) is 3.10. The van der Waals surface area contributed by atoms with Gasteiger partial charge in [0, 0.05) is 55.3 Å². The molecule has 0 saturated carbocycles. The lowest BCUT2D eigenvalue weighted by Gasteiger charge is -2.38. The average molecular weight is 434 g/mol. The van der Waals surface area contributed by atoms with Crippen LogP contribution >= 0.6 is 0 Å². The second-order valence-corrected chi connectivity index (χ2v) is 8.52. The molecule has 1 aromatic rings. The number of hydrogen-bond donors (Lipinski definition) is 2. The van der Waals surface area contributed by atoms with E-state index in [1.54, 1.807) is 4.90 Å². The van der Waals surface area contributed by atoms with Crippen LogP contribution in [0.4, 0.5) is 14.5 Å². The van der Waals surface area contributed by atoms with E-state index < -0.39 is 41.3 Å². The first-order chi connectivity index (χ1) is 14.7. The highest BCUT2D eigenvalue weighted by Crippen LogP contribution is 2.43. The van der Waals surface area contributed by atoms with Gasteiger partial charge in [0.15, 0.2) is 12.1 Å². The zero-order chi connectivity index (χ0) is 22.4. The number of carbonyl (C=O) groups is 4. The number of hydrogen-bond acceptors (Lipinski definition) is 7. The normalized spacial score (nSPS) is 29.0. The molecule has 4 atom stereocenters. The summed E-state index contributed by atoms with van der Waals surface area (Å²) in [5.41, 5.74) is -0.205. The van der Waals surface area contributed by atoms with Gasteiger partial charge in [-0.15, -0.1) is 0 Å². The smallest absolute Gasteiger partial charge is 0.243 e. The standard InChI is InChI=1S/C21H24F2N4O4/c1-10-6-26(7-11(2)24-10)15-5-13(22)12-8-27(14-3-4-17(30)25-21(14)31)20(16(29)9-28)18(12)19(15)23/h5,9-11,14,20,24H,3-4,6-8H2,1-2H3,(H,25,30,31). The first kappa shape index (κ1) is 21.5. The Bertz CT molecular complexity index is 959. The molecule has 3 aliphatic rings. The van der Waals surface area contributed by atoms with Crippen LogP contribution in [0.5, 0.6) is 0 Å². The van der Waals surface area contributed by atoms with Gasteiger partial charge in [0.1, 0.15) is 11.9 Å². The van der Waals surface area contributed by atoms with Crippen molar-refractivity contribution >= 4 is 29.6 Å². The Morgan fingerprint density at radius 3 is 2.48 bits per heavy atom. The molecule has 31 heavy (non-hydrogen) atoms. The highest BCUT2D eigenvalue weighted by Gasteiger charge is 2.46. The number of ketones is 1. The van der Waals surface area contributed by atoms with Crippen molar-refractivity contribution < 1.29 is 28.0 Å². The van der Waals surface area contributed by atoms with Crippen molar-refractivity contribution in [3.8, 4) is 0 Å². The molecule has 2 saturated heterocycles. The van der Waals surface area contributed by atoms with Crippen LogP contribution in [0.15, 0.2) is 6.07 Å². The molecule has 0 radical (unpaired) electrons. The van der Waals surface area contributed by atoms with Crippen LogP contribution < -0.4 is 15.5 Å². The first-order valence-electron chi connectivity index (χ1n) is 10.3. The SMILES string of the molecule is CC1CN(c2cc(F)c3c(c2F)C(C(=O)C=O)N(C2CCC(=O)NC2=O)C3)CC(C)N1. The Morgan fingerprint density at radius 2 is 1.87 bits per heavy atom. The number of imide groups is 1. The summed E-state index contributed by atoms with van der Waals surface area (Å²) in [4.78, 5) is 50.8. The number of fused-ring (bicyclic) bond motifs is 1. The van der Waals surface area contributed by atoms with Crippen LogP contribution in [0.25, 0.3) is 0 Å². The Morgan fingerprint density at radius 1 is 1.19 bits per heavy atom. The molecule has 10 heteroatoms. The van der Waals surface area contributed by atoms with Gasteiger partial charge in [-0.05, 0) is 20.3 Å². The molecule has 4 unspecified atom stereocenters. The summed E-state index contributed by atoms with van der Waals surface area (Å²) < 4.78 is 30.9. The van der Waals surface area contributed by atoms with E-state index in [1.165, 1.54) is 4.90 Å². The molecule has 1 aromatic carbocycles. The van der Waals surface area contributed by atoms with E-state index in [2.05, 4.69) is 10.6 Å². The molecule has 3 aliphatic heterocycles. The lowest BCUT2D eigenvalue weighted by molar-refractivity contribution is -0.141. The first-order valence-corrected chi connectivity index (χ1v) is 10.3. The lowest BCUT2D eigenvalue weighted by Crippen LogP contribution is -2.54. The number of rotatable bonds is 4. The maximum atomic E-state index is 15.8. The van der Waals surface area contributed by atoms with E-state index >= 15 is 8.78 Å². The van der Waals surface area contributed by atoms with Gasteiger partial charge >= 0.3 is 0 Å². The van der Waals surface area contributed by atoms with Crippen molar-refractivity contribution in [2.75, 3.05) is 18.0 Å². The Balaban J connectivity index is 1.77. The number of Topliss-reactive ketones (excluding diaryl/α,β-unsaturated/α-hetero) is 1. The van der Waals surface area contributed by atoms with Crippen LogP contribution in [-0.2, 0) is 25.7 Å². The van der Waals surface area contributed by atoms with Crippen molar-refractivity contribution in [1.29, 1.82) is 0 Å². The predicted octanol–water partition coefficient (Wildman–Crippen LogP) is 0.581. The minimum absolute atomic E-state index is 0.0327. The predicted molar refractivity (Wildman–Crippen MR) is 106 cm³/mol. The van der Waals surface area contributed by atoms with Crippen molar-refractivity contribution in [1.82, 2.24) is 15.5 Å². The summed E-state index contributed by atoms with van der Waals surface area (Å²) in [5.74, 6) is -3.49. The minimum atomic E-state index is -1.41. The largest absolute Gasteiger partial charge is 0.366 e. The Hall–Kier alpha value is -2.72. The van der Waals surface area contributed by atoms with Gasteiger partial charge in [-0.2, -0.15) is 0 Å². The molecular formula is C21H24F2N4O4. The molecule has 0 aromatic heterocycles. The maximum Gasteiger partial charge on any atom is 0.243 e. The fraction of sp³-hybridized carbons (Fsp3) is 0.524. The number of anilines is 1. The van der Waals surface area contributed by atoms with E-state index in [-0.39, 0.29) is 54.6 Å². The molecule has 2 fully saturated rings. The van der Waals surface area contributed by atoms with E-state index in [1.807, 2.05) is 13.8 Å². The fourth-order valence-electron chi connectivity index (χ4n) is 4.97. The summed E-state index contributed by atoms with van der Waals surface area (Å²) in [5, 5.41) is 5.51. The van der Waals surface area contributed by atoms with Gasteiger partial charge in [-0.25, -0.2) is 8.78 Å². The molecule has 8 nitrogen and oxygen atoms in total. The lowest BCUT2D eigenvalue weighted by atomic mass is 9.97. The van der Waals surface area contributed by atoms with Crippen LogP contribution in [0.1, 0.15) is 43.9 Å². The van der Waals surface area contributed by atoms with Gasteiger partial charge < -0.3 is 10.2 Å². The Labute approximate surface area is 177 Å². The van der Waals surface area contributed by atoms with E-state index in [0.29, 0.717) is 13.1 Å². The van der Waals surface area contributed by atoms with Crippen LogP contribution in [0.2, 0.25) is 0 Å². The van der Waals surface area contributed by atoms with Gasteiger partial charge in [-0.3, -0.25) is 29.4 Å². The third-order valence-electron chi connectivity index (χ3n) is 6.18. The van der Waals surface area contributed by atoms with Crippen LogP contribution in [0, 0.1) is 11.6 Å². The van der Waals surface area contributed by atoms with Crippen LogP contribution in [0.3, 0.4) is 0 Å².